The molecule has 1 N–H and O–H groups in total. The summed E-state index contributed by atoms with van der Waals surface area (Å²) in [5.74, 6) is 3.83. The number of guanidine groups is 1. The molecular weight excluding hydrogens is 362 g/mol. The van der Waals surface area contributed by atoms with Crippen molar-refractivity contribution in [2.24, 2.45) is 16.8 Å². The SMILES string of the molecule is CC1CN(C(=NCC2CCOC2)NCCc2ccco2)CCC1c1ccccc1. The number of furan rings is 1. The van der Waals surface area contributed by atoms with Crippen LogP contribution in [0.15, 0.2) is 58.1 Å². The molecule has 0 amide bonds. The Hall–Kier alpha value is -2.27. The van der Waals surface area contributed by atoms with Crippen molar-refractivity contribution in [3.63, 3.8) is 0 Å². The highest BCUT2D eigenvalue weighted by Crippen LogP contribution is 2.32. The molecule has 0 saturated carbocycles. The lowest BCUT2D eigenvalue weighted by atomic mass is 9.82. The molecule has 0 radical (unpaired) electrons. The molecule has 2 aromatic rings. The van der Waals surface area contributed by atoms with Crippen LogP contribution in [0.2, 0.25) is 0 Å². The Morgan fingerprint density at radius 2 is 2.07 bits per heavy atom. The Morgan fingerprint density at radius 3 is 2.79 bits per heavy atom. The van der Waals surface area contributed by atoms with E-state index in [9.17, 15) is 0 Å². The molecule has 0 spiro atoms. The second kappa shape index (κ2) is 9.97. The lowest BCUT2D eigenvalue weighted by Crippen LogP contribution is -2.48. The van der Waals surface area contributed by atoms with E-state index in [2.05, 4.69) is 47.5 Å². The van der Waals surface area contributed by atoms with Crippen molar-refractivity contribution in [1.29, 1.82) is 0 Å². The molecular formula is C24H33N3O2. The third-order valence-electron chi connectivity index (χ3n) is 6.19. The minimum atomic E-state index is 0.552. The fourth-order valence-electron chi connectivity index (χ4n) is 4.50. The molecule has 5 heteroatoms. The van der Waals surface area contributed by atoms with Gasteiger partial charge in [0, 0.05) is 45.1 Å². The summed E-state index contributed by atoms with van der Waals surface area (Å²) >= 11 is 0. The quantitative estimate of drug-likeness (QED) is 0.595. The van der Waals surface area contributed by atoms with Gasteiger partial charge in [-0.3, -0.25) is 4.99 Å². The first kappa shape index (κ1) is 20.0. The smallest absolute Gasteiger partial charge is 0.193 e. The van der Waals surface area contributed by atoms with Gasteiger partial charge in [-0.25, -0.2) is 0 Å². The molecule has 5 nitrogen and oxygen atoms in total. The van der Waals surface area contributed by atoms with Crippen LogP contribution in [0.3, 0.4) is 0 Å². The van der Waals surface area contributed by atoms with Crippen LogP contribution in [0.25, 0.3) is 0 Å². The topological polar surface area (TPSA) is 50.0 Å². The molecule has 2 aliphatic rings. The van der Waals surface area contributed by atoms with Gasteiger partial charge in [-0.2, -0.15) is 0 Å². The minimum absolute atomic E-state index is 0.552. The first-order chi connectivity index (χ1) is 14.3. The molecule has 156 valence electrons. The van der Waals surface area contributed by atoms with Crippen molar-refractivity contribution < 1.29 is 9.15 Å². The van der Waals surface area contributed by atoms with E-state index in [-0.39, 0.29) is 0 Å². The number of piperidine rings is 1. The largest absolute Gasteiger partial charge is 0.469 e. The summed E-state index contributed by atoms with van der Waals surface area (Å²) in [6, 6.07) is 14.9. The van der Waals surface area contributed by atoms with E-state index in [1.165, 1.54) is 5.56 Å². The van der Waals surface area contributed by atoms with Gasteiger partial charge in [-0.05, 0) is 42.4 Å². The third kappa shape index (κ3) is 5.41. The fraction of sp³-hybridized carbons (Fsp3) is 0.542. The summed E-state index contributed by atoms with van der Waals surface area (Å²) in [6.45, 7) is 7.84. The van der Waals surface area contributed by atoms with E-state index in [4.69, 9.17) is 14.1 Å². The minimum Gasteiger partial charge on any atom is -0.469 e. The number of rotatable bonds is 6. The molecule has 3 unspecified atom stereocenters. The summed E-state index contributed by atoms with van der Waals surface area (Å²) in [5, 5.41) is 3.60. The Kier molecular flexibility index (Phi) is 6.88. The zero-order valence-electron chi connectivity index (χ0n) is 17.4. The van der Waals surface area contributed by atoms with E-state index < -0.39 is 0 Å². The molecule has 2 aliphatic heterocycles. The van der Waals surface area contributed by atoms with E-state index >= 15 is 0 Å². The van der Waals surface area contributed by atoms with Crippen LogP contribution in [0, 0.1) is 11.8 Å². The molecule has 0 aliphatic carbocycles. The highest BCUT2D eigenvalue weighted by atomic mass is 16.5. The van der Waals surface area contributed by atoms with Crippen molar-refractivity contribution in [2.75, 3.05) is 39.4 Å². The monoisotopic (exact) mass is 395 g/mol. The summed E-state index contributed by atoms with van der Waals surface area (Å²) < 4.78 is 11.0. The van der Waals surface area contributed by atoms with E-state index in [1.54, 1.807) is 6.26 Å². The zero-order chi connectivity index (χ0) is 19.9. The van der Waals surface area contributed by atoms with Crippen molar-refractivity contribution in [1.82, 2.24) is 10.2 Å². The molecule has 0 bridgehead atoms. The Bertz CT molecular complexity index is 754. The van der Waals surface area contributed by atoms with Crippen LogP contribution in [0.1, 0.15) is 37.0 Å². The predicted molar refractivity (Wildman–Crippen MR) is 116 cm³/mol. The third-order valence-corrected chi connectivity index (χ3v) is 6.19. The van der Waals surface area contributed by atoms with Crippen LogP contribution < -0.4 is 5.32 Å². The van der Waals surface area contributed by atoms with Gasteiger partial charge in [0.25, 0.3) is 0 Å². The van der Waals surface area contributed by atoms with Gasteiger partial charge in [-0.1, -0.05) is 37.3 Å². The second-order valence-corrected chi connectivity index (χ2v) is 8.38. The first-order valence-corrected chi connectivity index (χ1v) is 11.0. The zero-order valence-corrected chi connectivity index (χ0v) is 17.4. The van der Waals surface area contributed by atoms with Gasteiger partial charge in [0.2, 0.25) is 0 Å². The lowest BCUT2D eigenvalue weighted by Gasteiger charge is -2.39. The molecule has 4 rings (SSSR count). The maximum absolute atomic E-state index is 5.53. The van der Waals surface area contributed by atoms with E-state index in [0.29, 0.717) is 17.8 Å². The number of nitrogens with one attached hydrogen (secondary N) is 1. The highest BCUT2D eigenvalue weighted by molar-refractivity contribution is 5.80. The molecule has 2 saturated heterocycles. The Balaban J connectivity index is 1.38. The average Bonchev–Trinajstić information content (AvgIpc) is 3.45. The van der Waals surface area contributed by atoms with Crippen LogP contribution in [-0.4, -0.2) is 50.3 Å². The molecule has 3 heterocycles. The highest BCUT2D eigenvalue weighted by Gasteiger charge is 2.29. The van der Waals surface area contributed by atoms with Crippen molar-refractivity contribution in [2.45, 2.75) is 32.1 Å². The average molecular weight is 396 g/mol. The molecule has 3 atom stereocenters. The van der Waals surface area contributed by atoms with Gasteiger partial charge in [-0.15, -0.1) is 0 Å². The maximum atomic E-state index is 5.53. The summed E-state index contributed by atoms with van der Waals surface area (Å²) in [5.41, 5.74) is 1.46. The standard InChI is InChI=1S/C24H33N3O2/c1-19-17-27(13-10-23(19)21-6-3-2-4-7-21)24(26-16-20-11-15-28-18-20)25-12-9-22-8-5-14-29-22/h2-8,14,19-20,23H,9-13,15-18H2,1H3,(H,25,26). The van der Waals surface area contributed by atoms with Crippen molar-refractivity contribution in [3.8, 4) is 0 Å². The summed E-state index contributed by atoms with van der Waals surface area (Å²) in [6.07, 6.45) is 4.89. The molecule has 1 aromatic carbocycles. The number of ether oxygens (including phenoxy) is 1. The molecule has 1 aromatic heterocycles. The number of likely N-dealkylation sites (tertiary alicyclic amines) is 1. The van der Waals surface area contributed by atoms with Crippen molar-refractivity contribution in [3.05, 3.63) is 60.1 Å². The lowest BCUT2D eigenvalue weighted by molar-refractivity contribution is 0.186. The van der Waals surface area contributed by atoms with Crippen LogP contribution in [0.5, 0.6) is 0 Å². The maximum Gasteiger partial charge on any atom is 0.193 e. The summed E-state index contributed by atoms with van der Waals surface area (Å²) in [7, 11) is 0. The molecule has 2 fully saturated rings. The van der Waals surface area contributed by atoms with Crippen LogP contribution in [-0.2, 0) is 11.2 Å². The van der Waals surface area contributed by atoms with Gasteiger partial charge >= 0.3 is 0 Å². The van der Waals surface area contributed by atoms with Gasteiger partial charge < -0.3 is 19.4 Å². The van der Waals surface area contributed by atoms with Crippen LogP contribution >= 0.6 is 0 Å². The van der Waals surface area contributed by atoms with E-state index in [0.717, 1.165) is 70.4 Å². The normalized spacial score (nSPS) is 25.3. The van der Waals surface area contributed by atoms with E-state index in [1.807, 2.05) is 12.1 Å². The number of aliphatic imine (C=N–C) groups is 1. The Morgan fingerprint density at radius 1 is 1.17 bits per heavy atom. The van der Waals surface area contributed by atoms with Gasteiger partial charge in [0.1, 0.15) is 5.76 Å². The summed E-state index contributed by atoms with van der Waals surface area (Å²) in [4.78, 5) is 7.45. The second-order valence-electron chi connectivity index (χ2n) is 8.38. The van der Waals surface area contributed by atoms with Gasteiger partial charge in [0.05, 0.1) is 12.9 Å². The van der Waals surface area contributed by atoms with Gasteiger partial charge in [0.15, 0.2) is 5.96 Å². The fourth-order valence-corrected chi connectivity index (χ4v) is 4.50. The number of nitrogens with zero attached hydrogens (tertiary/aromatic N) is 2. The first-order valence-electron chi connectivity index (χ1n) is 11.0. The van der Waals surface area contributed by atoms with Crippen LogP contribution in [0.4, 0.5) is 0 Å². The number of hydrogen-bond donors (Lipinski definition) is 1. The predicted octanol–water partition coefficient (Wildman–Crippen LogP) is 3.93. The number of benzene rings is 1. The Labute approximate surface area is 174 Å². The number of hydrogen-bond acceptors (Lipinski definition) is 3. The van der Waals surface area contributed by atoms with Crippen molar-refractivity contribution >= 4 is 5.96 Å². The molecule has 29 heavy (non-hydrogen) atoms.